The highest BCUT2D eigenvalue weighted by Crippen LogP contribution is 2.19. The smallest absolute Gasteiger partial charge is 0.239 e. The van der Waals surface area contributed by atoms with Crippen molar-refractivity contribution < 1.29 is 4.79 Å². The maximum Gasteiger partial charge on any atom is 0.239 e. The average Bonchev–Trinajstić information content (AvgIpc) is 2.39. The number of nitrogens with zero attached hydrogens (tertiary/aromatic N) is 3. The minimum Gasteiger partial charge on any atom is -0.342 e. The zero-order valence-electron chi connectivity index (χ0n) is 12.6. The second-order valence-electron chi connectivity index (χ2n) is 5.58. The number of likely N-dealkylation sites (N-methyl/N-ethyl adjacent to an activating group) is 1. The number of nitrogens with one attached hydrogen (secondary N) is 1. The van der Waals surface area contributed by atoms with E-state index in [1.54, 1.807) is 0 Å². The lowest BCUT2D eigenvalue weighted by Gasteiger charge is -2.49. The summed E-state index contributed by atoms with van der Waals surface area (Å²) in [7, 11) is 0. The van der Waals surface area contributed by atoms with Crippen LogP contribution in [-0.4, -0.2) is 85.0 Å². The fourth-order valence-corrected chi connectivity index (χ4v) is 3.04. The van der Waals surface area contributed by atoms with Crippen LogP contribution >= 0.6 is 0 Å². The van der Waals surface area contributed by atoms with Gasteiger partial charge in [0.1, 0.15) is 0 Å². The molecule has 0 aliphatic carbocycles. The van der Waals surface area contributed by atoms with Crippen LogP contribution in [0.3, 0.4) is 0 Å². The van der Waals surface area contributed by atoms with Crippen molar-refractivity contribution >= 4 is 5.91 Å². The zero-order valence-corrected chi connectivity index (χ0v) is 12.6. The molecular weight excluding hydrogens is 240 g/mol. The zero-order chi connectivity index (χ0) is 13.8. The maximum atomic E-state index is 12.3. The van der Waals surface area contributed by atoms with Gasteiger partial charge in [0.25, 0.3) is 0 Å². The maximum absolute atomic E-state index is 12.3. The number of carbonyl (C=O) groups is 1. The summed E-state index contributed by atoms with van der Waals surface area (Å²) < 4.78 is 0. The Labute approximate surface area is 116 Å². The molecule has 110 valence electrons. The van der Waals surface area contributed by atoms with Crippen LogP contribution in [-0.2, 0) is 4.79 Å². The second kappa shape index (κ2) is 6.68. The molecule has 2 aliphatic rings. The third-order valence-electron chi connectivity index (χ3n) is 4.54. The van der Waals surface area contributed by atoms with Gasteiger partial charge in [0.15, 0.2) is 0 Å². The van der Waals surface area contributed by atoms with E-state index in [2.05, 4.69) is 22.0 Å². The Hall–Kier alpha value is -0.650. The predicted octanol–water partition coefficient (Wildman–Crippen LogP) is -0.167. The summed E-state index contributed by atoms with van der Waals surface area (Å²) >= 11 is 0. The molecule has 0 spiro atoms. The molecule has 19 heavy (non-hydrogen) atoms. The van der Waals surface area contributed by atoms with Gasteiger partial charge in [-0.1, -0.05) is 0 Å². The van der Waals surface area contributed by atoms with E-state index in [0.29, 0.717) is 6.04 Å². The highest BCUT2D eigenvalue weighted by molar-refractivity contribution is 5.81. The Kier molecular flexibility index (Phi) is 5.19. The van der Waals surface area contributed by atoms with Crippen LogP contribution in [0.4, 0.5) is 0 Å². The average molecular weight is 268 g/mol. The number of hydrogen-bond donors (Lipinski definition) is 1. The molecule has 2 saturated heterocycles. The minimum atomic E-state index is 0.0408. The number of piperazine rings is 1. The van der Waals surface area contributed by atoms with Crippen molar-refractivity contribution in [3.8, 4) is 0 Å². The molecular formula is C14H28N4O. The van der Waals surface area contributed by atoms with Crippen LogP contribution in [0.15, 0.2) is 0 Å². The van der Waals surface area contributed by atoms with Crippen molar-refractivity contribution in [2.45, 2.75) is 32.9 Å². The number of hydrogen-bond acceptors (Lipinski definition) is 4. The molecule has 1 amide bonds. The first-order valence-corrected chi connectivity index (χ1v) is 7.65. The third-order valence-corrected chi connectivity index (χ3v) is 4.54. The monoisotopic (exact) mass is 268 g/mol. The van der Waals surface area contributed by atoms with E-state index in [1.807, 2.05) is 18.7 Å². The fraction of sp³-hybridized carbons (Fsp3) is 0.929. The molecule has 1 N–H and O–H groups in total. The molecule has 0 aromatic heterocycles. The Balaban J connectivity index is 1.77. The Morgan fingerprint density at radius 3 is 2.37 bits per heavy atom. The summed E-state index contributed by atoms with van der Waals surface area (Å²) in [5.41, 5.74) is 0. The van der Waals surface area contributed by atoms with E-state index in [4.69, 9.17) is 0 Å². The van der Waals surface area contributed by atoms with Crippen LogP contribution in [0.1, 0.15) is 20.8 Å². The minimum absolute atomic E-state index is 0.0408. The molecule has 5 heteroatoms. The molecule has 2 heterocycles. The van der Waals surface area contributed by atoms with Crippen LogP contribution in [0, 0.1) is 0 Å². The van der Waals surface area contributed by atoms with Gasteiger partial charge in [0.05, 0.1) is 6.04 Å². The van der Waals surface area contributed by atoms with Gasteiger partial charge in [0, 0.05) is 58.4 Å². The molecule has 5 nitrogen and oxygen atoms in total. The van der Waals surface area contributed by atoms with Crippen LogP contribution in [0.25, 0.3) is 0 Å². The summed E-state index contributed by atoms with van der Waals surface area (Å²) in [6, 6.07) is 0.702. The van der Waals surface area contributed by atoms with Gasteiger partial charge in [-0.3, -0.25) is 14.6 Å². The Bertz CT molecular complexity index is 294. The van der Waals surface area contributed by atoms with Crippen LogP contribution in [0.2, 0.25) is 0 Å². The number of carbonyl (C=O) groups excluding carboxylic acids is 1. The first-order chi connectivity index (χ1) is 9.17. The number of amides is 1. The van der Waals surface area contributed by atoms with Gasteiger partial charge < -0.3 is 10.2 Å². The van der Waals surface area contributed by atoms with Gasteiger partial charge >= 0.3 is 0 Å². The summed E-state index contributed by atoms with van der Waals surface area (Å²) in [4.78, 5) is 19.1. The summed E-state index contributed by atoms with van der Waals surface area (Å²) in [5, 5.41) is 3.38. The fourth-order valence-electron chi connectivity index (χ4n) is 3.04. The second-order valence-corrected chi connectivity index (χ2v) is 5.58. The van der Waals surface area contributed by atoms with E-state index in [0.717, 1.165) is 52.4 Å². The van der Waals surface area contributed by atoms with Gasteiger partial charge in [-0.05, 0) is 20.8 Å². The quantitative estimate of drug-likeness (QED) is 0.752. The number of likely N-dealkylation sites (tertiary alicyclic amines) is 1. The molecule has 1 atom stereocenters. The molecule has 0 saturated carbocycles. The lowest BCUT2D eigenvalue weighted by atomic mass is 10.0. The van der Waals surface area contributed by atoms with Gasteiger partial charge in [0.2, 0.25) is 5.91 Å². The van der Waals surface area contributed by atoms with E-state index >= 15 is 0 Å². The third kappa shape index (κ3) is 3.27. The molecule has 1 unspecified atom stereocenters. The highest BCUT2D eigenvalue weighted by atomic mass is 16.2. The topological polar surface area (TPSA) is 38.8 Å². The molecule has 2 fully saturated rings. The van der Waals surface area contributed by atoms with E-state index in [-0.39, 0.29) is 11.9 Å². The van der Waals surface area contributed by atoms with E-state index in [9.17, 15) is 4.79 Å². The molecule has 0 aromatic rings. The van der Waals surface area contributed by atoms with Crippen LogP contribution in [0.5, 0.6) is 0 Å². The molecule has 0 aromatic carbocycles. The van der Waals surface area contributed by atoms with Crippen molar-refractivity contribution in [1.82, 2.24) is 20.0 Å². The van der Waals surface area contributed by atoms with Crippen molar-refractivity contribution in [3.63, 3.8) is 0 Å². The normalized spacial score (nSPS) is 23.9. The standard InChI is InChI=1S/C14H28N4O/c1-4-16(5-2)14(19)12(3)18-10-13(11-18)17-8-6-15-7-9-17/h12-13,15H,4-11H2,1-3H3. The van der Waals surface area contributed by atoms with Crippen molar-refractivity contribution in [2.75, 3.05) is 52.4 Å². The molecule has 2 aliphatic heterocycles. The largest absolute Gasteiger partial charge is 0.342 e. The Morgan fingerprint density at radius 2 is 1.84 bits per heavy atom. The predicted molar refractivity (Wildman–Crippen MR) is 77.2 cm³/mol. The summed E-state index contributed by atoms with van der Waals surface area (Å²) in [5.74, 6) is 0.281. The van der Waals surface area contributed by atoms with Gasteiger partial charge in [-0.2, -0.15) is 0 Å². The van der Waals surface area contributed by atoms with E-state index < -0.39 is 0 Å². The van der Waals surface area contributed by atoms with Crippen molar-refractivity contribution in [1.29, 1.82) is 0 Å². The first-order valence-electron chi connectivity index (χ1n) is 7.65. The number of rotatable bonds is 5. The van der Waals surface area contributed by atoms with Gasteiger partial charge in [-0.25, -0.2) is 0 Å². The van der Waals surface area contributed by atoms with E-state index in [1.165, 1.54) is 0 Å². The first kappa shape index (κ1) is 14.8. The SMILES string of the molecule is CCN(CC)C(=O)C(C)N1CC(N2CCNCC2)C1. The highest BCUT2D eigenvalue weighted by Gasteiger charge is 2.37. The lowest BCUT2D eigenvalue weighted by molar-refractivity contribution is -0.139. The van der Waals surface area contributed by atoms with Crippen molar-refractivity contribution in [2.24, 2.45) is 0 Å². The molecule has 2 rings (SSSR count). The molecule has 0 radical (unpaired) electrons. The summed E-state index contributed by atoms with van der Waals surface area (Å²) in [6.45, 7) is 14.4. The van der Waals surface area contributed by atoms with Crippen molar-refractivity contribution in [3.05, 3.63) is 0 Å². The molecule has 0 bridgehead atoms. The Morgan fingerprint density at radius 1 is 1.26 bits per heavy atom. The summed E-state index contributed by atoms with van der Waals surface area (Å²) in [6.07, 6.45) is 0. The lowest BCUT2D eigenvalue weighted by Crippen LogP contribution is -2.66. The van der Waals surface area contributed by atoms with Gasteiger partial charge in [-0.15, -0.1) is 0 Å². The van der Waals surface area contributed by atoms with Crippen LogP contribution < -0.4 is 5.32 Å².